The molecule has 0 saturated heterocycles. The largest absolute Gasteiger partial charge is 0.384 e. The predicted molar refractivity (Wildman–Crippen MR) is 79.8 cm³/mol. The van der Waals surface area contributed by atoms with Crippen LogP contribution in [0.25, 0.3) is 0 Å². The van der Waals surface area contributed by atoms with E-state index in [2.05, 4.69) is 17.2 Å². The molecule has 5 heteroatoms. The van der Waals surface area contributed by atoms with Gasteiger partial charge >= 0.3 is 0 Å². The van der Waals surface area contributed by atoms with E-state index in [4.69, 9.17) is 16.7 Å². The minimum absolute atomic E-state index is 0.0684. The summed E-state index contributed by atoms with van der Waals surface area (Å²) in [4.78, 5) is 12.2. The molecule has 1 amide bonds. The molecule has 0 atom stereocenters. The van der Waals surface area contributed by atoms with Gasteiger partial charge in [-0.2, -0.15) is 0 Å². The monoisotopic (exact) mass is 303 g/mol. The number of rotatable bonds is 2. The molecule has 0 fully saturated rings. The van der Waals surface area contributed by atoms with Gasteiger partial charge in [0.2, 0.25) is 0 Å². The van der Waals surface area contributed by atoms with Gasteiger partial charge in [-0.05, 0) is 30.3 Å². The molecule has 0 aliphatic carbocycles. The highest BCUT2D eigenvalue weighted by atomic mass is 35.5. The van der Waals surface area contributed by atoms with Crippen LogP contribution >= 0.6 is 11.6 Å². The Balaban J connectivity index is 2.26. The van der Waals surface area contributed by atoms with Gasteiger partial charge in [0.05, 0.1) is 10.6 Å². The Morgan fingerprint density at radius 1 is 1.29 bits per heavy atom. The second-order valence-corrected chi connectivity index (χ2v) is 4.50. The fourth-order valence-electron chi connectivity index (χ4n) is 1.70. The van der Waals surface area contributed by atoms with E-state index in [0.29, 0.717) is 16.8 Å². The predicted octanol–water partition coefficient (Wildman–Crippen LogP) is 3.08. The summed E-state index contributed by atoms with van der Waals surface area (Å²) < 4.78 is 13.1. The molecular weight excluding hydrogens is 293 g/mol. The number of halogens is 2. The highest BCUT2D eigenvalue weighted by Gasteiger charge is 2.10. The van der Waals surface area contributed by atoms with Crippen LogP contribution in [0.2, 0.25) is 5.02 Å². The maximum atomic E-state index is 13.1. The van der Waals surface area contributed by atoms with Crippen molar-refractivity contribution in [3.8, 4) is 11.8 Å². The van der Waals surface area contributed by atoms with E-state index in [-0.39, 0.29) is 17.5 Å². The van der Waals surface area contributed by atoms with Crippen LogP contribution in [0.5, 0.6) is 0 Å². The number of aliphatic hydroxyl groups excluding tert-OH is 1. The number of amides is 1. The Morgan fingerprint density at radius 2 is 2.05 bits per heavy atom. The zero-order valence-corrected chi connectivity index (χ0v) is 11.6. The second-order valence-electron chi connectivity index (χ2n) is 4.09. The Morgan fingerprint density at radius 3 is 2.76 bits per heavy atom. The molecule has 2 aromatic rings. The third-order valence-corrected chi connectivity index (χ3v) is 2.94. The standard InChI is InChI=1S/C16H11ClFNO2/c17-14-10-12(7-8-15(14)18)19-16(21)13-6-2-1-4-11(13)5-3-9-20/h1-2,4,6-8,10,20H,9H2,(H,19,21). The zero-order chi connectivity index (χ0) is 15.2. The normalized spacial score (nSPS) is 9.67. The number of anilines is 1. The van der Waals surface area contributed by atoms with Crippen LogP contribution < -0.4 is 5.32 Å². The van der Waals surface area contributed by atoms with E-state index in [9.17, 15) is 9.18 Å². The molecule has 0 saturated carbocycles. The van der Waals surface area contributed by atoms with E-state index >= 15 is 0 Å². The number of benzene rings is 2. The molecule has 21 heavy (non-hydrogen) atoms. The van der Waals surface area contributed by atoms with Gasteiger partial charge in [0, 0.05) is 11.3 Å². The molecule has 0 aliphatic rings. The maximum Gasteiger partial charge on any atom is 0.256 e. The highest BCUT2D eigenvalue weighted by molar-refractivity contribution is 6.31. The summed E-state index contributed by atoms with van der Waals surface area (Å²) in [7, 11) is 0. The Hall–Kier alpha value is -2.35. The van der Waals surface area contributed by atoms with Gasteiger partial charge in [-0.1, -0.05) is 35.6 Å². The number of carbonyl (C=O) groups is 1. The first-order valence-electron chi connectivity index (χ1n) is 6.07. The van der Waals surface area contributed by atoms with Crippen LogP contribution in [0.1, 0.15) is 15.9 Å². The van der Waals surface area contributed by atoms with Crippen molar-refractivity contribution in [2.75, 3.05) is 11.9 Å². The molecular formula is C16H11ClFNO2. The van der Waals surface area contributed by atoms with Crippen molar-refractivity contribution < 1.29 is 14.3 Å². The number of aliphatic hydroxyl groups is 1. The summed E-state index contributed by atoms with van der Waals surface area (Å²) in [6.07, 6.45) is 0. The van der Waals surface area contributed by atoms with Crippen molar-refractivity contribution in [1.29, 1.82) is 0 Å². The third kappa shape index (κ3) is 3.82. The summed E-state index contributed by atoms with van der Waals surface area (Å²) in [5, 5.41) is 11.3. The number of nitrogens with one attached hydrogen (secondary N) is 1. The molecule has 2 rings (SSSR count). The molecule has 2 aromatic carbocycles. The van der Waals surface area contributed by atoms with Crippen LogP contribution in [0, 0.1) is 17.7 Å². The average Bonchev–Trinajstić information content (AvgIpc) is 2.49. The summed E-state index contributed by atoms with van der Waals surface area (Å²) in [6, 6.07) is 10.7. The van der Waals surface area contributed by atoms with Crippen molar-refractivity contribution in [2.24, 2.45) is 0 Å². The first-order chi connectivity index (χ1) is 10.1. The van der Waals surface area contributed by atoms with Crippen LogP contribution in [-0.2, 0) is 0 Å². The lowest BCUT2D eigenvalue weighted by molar-refractivity contribution is 0.102. The molecule has 0 aromatic heterocycles. The molecule has 0 unspecified atom stereocenters. The van der Waals surface area contributed by atoms with Gasteiger partial charge in [-0.15, -0.1) is 0 Å². The lowest BCUT2D eigenvalue weighted by Gasteiger charge is -2.07. The molecule has 0 aliphatic heterocycles. The smallest absolute Gasteiger partial charge is 0.256 e. The van der Waals surface area contributed by atoms with Gasteiger partial charge < -0.3 is 10.4 Å². The second kappa shape index (κ2) is 6.89. The Kier molecular flexibility index (Phi) is 4.94. The Bertz CT molecular complexity index is 735. The summed E-state index contributed by atoms with van der Waals surface area (Å²) in [6.45, 7) is -0.288. The fourth-order valence-corrected chi connectivity index (χ4v) is 1.88. The van der Waals surface area contributed by atoms with Crippen LogP contribution in [0.15, 0.2) is 42.5 Å². The van der Waals surface area contributed by atoms with Gasteiger partial charge in [-0.3, -0.25) is 4.79 Å². The Labute approximate surface area is 126 Å². The minimum Gasteiger partial charge on any atom is -0.384 e. The number of hydrogen-bond acceptors (Lipinski definition) is 2. The first kappa shape index (κ1) is 15.0. The third-order valence-electron chi connectivity index (χ3n) is 2.65. The van der Waals surface area contributed by atoms with Crippen molar-refractivity contribution in [1.82, 2.24) is 0 Å². The van der Waals surface area contributed by atoms with Gasteiger partial charge in [0.15, 0.2) is 0 Å². The van der Waals surface area contributed by atoms with Crippen molar-refractivity contribution in [3.63, 3.8) is 0 Å². The number of hydrogen-bond donors (Lipinski definition) is 2. The molecule has 106 valence electrons. The van der Waals surface area contributed by atoms with Crippen LogP contribution in [0.4, 0.5) is 10.1 Å². The lowest BCUT2D eigenvalue weighted by Crippen LogP contribution is -2.13. The topological polar surface area (TPSA) is 49.3 Å². The van der Waals surface area contributed by atoms with Crippen molar-refractivity contribution >= 4 is 23.2 Å². The SMILES string of the molecule is O=C(Nc1ccc(F)c(Cl)c1)c1ccccc1C#CCO. The zero-order valence-electron chi connectivity index (χ0n) is 10.9. The van der Waals surface area contributed by atoms with Gasteiger partial charge in [0.1, 0.15) is 12.4 Å². The summed E-state index contributed by atoms with van der Waals surface area (Å²) in [5.74, 6) is 4.26. The molecule has 3 nitrogen and oxygen atoms in total. The summed E-state index contributed by atoms with van der Waals surface area (Å²) in [5.41, 5.74) is 1.24. The van der Waals surface area contributed by atoms with E-state index in [1.54, 1.807) is 24.3 Å². The quantitative estimate of drug-likeness (QED) is 0.838. The summed E-state index contributed by atoms with van der Waals surface area (Å²) >= 11 is 5.67. The molecule has 0 heterocycles. The first-order valence-corrected chi connectivity index (χ1v) is 6.45. The highest BCUT2D eigenvalue weighted by Crippen LogP contribution is 2.20. The van der Waals surface area contributed by atoms with Gasteiger partial charge in [0.25, 0.3) is 5.91 Å². The van der Waals surface area contributed by atoms with Crippen LogP contribution in [0.3, 0.4) is 0 Å². The van der Waals surface area contributed by atoms with Crippen LogP contribution in [-0.4, -0.2) is 17.6 Å². The maximum absolute atomic E-state index is 13.1. The minimum atomic E-state index is -0.552. The van der Waals surface area contributed by atoms with E-state index in [1.807, 2.05) is 0 Å². The molecule has 2 N–H and O–H groups in total. The van der Waals surface area contributed by atoms with Gasteiger partial charge in [-0.25, -0.2) is 4.39 Å². The van der Waals surface area contributed by atoms with E-state index < -0.39 is 5.82 Å². The average molecular weight is 304 g/mol. The van der Waals surface area contributed by atoms with Crippen molar-refractivity contribution in [2.45, 2.75) is 0 Å². The molecule has 0 bridgehead atoms. The number of carbonyl (C=O) groups excluding carboxylic acids is 1. The molecule has 0 spiro atoms. The molecule has 0 radical (unpaired) electrons. The fraction of sp³-hybridized carbons (Fsp3) is 0.0625. The van der Waals surface area contributed by atoms with E-state index in [1.165, 1.54) is 18.2 Å². The lowest BCUT2D eigenvalue weighted by atomic mass is 10.1. The van der Waals surface area contributed by atoms with E-state index in [0.717, 1.165) is 0 Å². The van der Waals surface area contributed by atoms with Crippen molar-refractivity contribution in [3.05, 3.63) is 64.4 Å².